The Labute approximate surface area is 174 Å². The first kappa shape index (κ1) is 23.5. The largest absolute Gasteiger partial charge is 0.416 e. The highest BCUT2D eigenvalue weighted by Gasteiger charge is 2.31. The van der Waals surface area contributed by atoms with E-state index >= 15 is 0 Å². The van der Waals surface area contributed by atoms with Gasteiger partial charge in [0.25, 0.3) is 5.91 Å². The zero-order valence-corrected chi connectivity index (χ0v) is 18.0. The summed E-state index contributed by atoms with van der Waals surface area (Å²) >= 11 is 0. The van der Waals surface area contributed by atoms with Gasteiger partial charge < -0.3 is 15.5 Å². The van der Waals surface area contributed by atoms with Crippen molar-refractivity contribution in [1.29, 1.82) is 0 Å². The molecule has 0 atom stereocenters. The Morgan fingerprint density at radius 3 is 2.26 bits per heavy atom. The van der Waals surface area contributed by atoms with Gasteiger partial charge in [0.2, 0.25) is 0 Å². The standard InChI is InChI=1S/C18H25F3N4O.HI/c1-17(2)8-11-25(12-17)16(22-3)24-10-9-23-15(26)13-4-6-14(7-5-13)18(19,20)21;/h4-7H,8-12H2,1-3H3,(H,22,24)(H,23,26);1H. The summed E-state index contributed by atoms with van der Waals surface area (Å²) in [4.78, 5) is 18.4. The molecule has 2 N–H and O–H groups in total. The zero-order valence-electron chi connectivity index (χ0n) is 15.7. The molecule has 2 rings (SSSR count). The molecule has 1 heterocycles. The molecule has 27 heavy (non-hydrogen) atoms. The van der Waals surface area contributed by atoms with Crippen LogP contribution in [0, 0.1) is 5.41 Å². The first-order chi connectivity index (χ1) is 12.1. The molecule has 0 radical (unpaired) electrons. The number of nitrogens with one attached hydrogen (secondary N) is 2. The van der Waals surface area contributed by atoms with Gasteiger partial charge in [-0.2, -0.15) is 13.2 Å². The summed E-state index contributed by atoms with van der Waals surface area (Å²) in [5.74, 6) is 0.386. The van der Waals surface area contributed by atoms with Crippen molar-refractivity contribution >= 4 is 35.8 Å². The van der Waals surface area contributed by atoms with Crippen LogP contribution >= 0.6 is 24.0 Å². The maximum Gasteiger partial charge on any atom is 0.416 e. The van der Waals surface area contributed by atoms with Crippen LogP contribution in [0.4, 0.5) is 13.2 Å². The van der Waals surface area contributed by atoms with E-state index in [1.54, 1.807) is 7.05 Å². The summed E-state index contributed by atoms with van der Waals surface area (Å²) in [6.07, 6.45) is -3.31. The smallest absolute Gasteiger partial charge is 0.354 e. The molecule has 1 aliphatic rings. The van der Waals surface area contributed by atoms with Crippen molar-refractivity contribution in [2.75, 3.05) is 33.2 Å². The van der Waals surface area contributed by atoms with Crippen LogP contribution in [0.2, 0.25) is 0 Å². The molecule has 0 saturated carbocycles. The summed E-state index contributed by atoms with van der Waals surface area (Å²) in [5, 5.41) is 5.88. The topological polar surface area (TPSA) is 56.7 Å². The second-order valence-electron chi connectivity index (χ2n) is 7.14. The Hall–Kier alpha value is -1.52. The van der Waals surface area contributed by atoms with Gasteiger partial charge in [-0.25, -0.2) is 0 Å². The molecule has 1 fully saturated rings. The Morgan fingerprint density at radius 2 is 1.78 bits per heavy atom. The van der Waals surface area contributed by atoms with Crippen LogP contribution in [0.5, 0.6) is 0 Å². The van der Waals surface area contributed by atoms with Crippen LogP contribution in [0.3, 0.4) is 0 Å². The Bertz CT molecular complexity index is 660. The van der Waals surface area contributed by atoms with Gasteiger partial charge in [0.1, 0.15) is 0 Å². The fourth-order valence-electron chi connectivity index (χ4n) is 2.89. The quantitative estimate of drug-likeness (QED) is 0.290. The number of carbonyl (C=O) groups is 1. The summed E-state index contributed by atoms with van der Waals surface area (Å²) in [6.45, 7) is 7.11. The number of rotatable bonds is 4. The minimum atomic E-state index is -4.40. The molecule has 1 amide bonds. The second-order valence-corrected chi connectivity index (χ2v) is 7.14. The van der Waals surface area contributed by atoms with E-state index in [-0.39, 0.29) is 35.0 Å². The van der Waals surface area contributed by atoms with Crippen LogP contribution in [0.25, 0.3) is 0 Å². The molecule has 0 bridgehead atoms. The number of benzene rings is 1. The molecule has 1 aromatic rings. The van der Waals surface area contributed by atoms with Crippen molar-refractivity contribution in [2.45, 2.75) is 26.4 Å². The molecule has 1 saturated heterocycles. The van der Waals surface area contributed by atoms with E-state index in [0.29, 0.717) is 13.1 Å². The highest BCUT2D eigenvalue weighted by atomic mass is 127. The zero-order chi connectivity index (χ0) is 19.4. The van der Waals surface area contributed by atoms with Gasteiger partial charge in [0.05, 0.1) is 5.56 Å². The lowest BCUT2D eigenvalue weighted by molar-refractivity contribution is -0.137. The number of guanidine groups is 1. The molecular formula is C18H26F3IN4O. The van der Waals surface area contributed by atoms with E-state index in [4.69, 9.17) is 0 Å². The van der Waals surface area contributed by atoms with Crippen molar-refractivity contribution in [3.8, 4) is 0 Å². The number of aliphatic imine (C=N–C) groups is 1. The third-order valence-corrected chi connectivity index (χ3v) is 4.36. The molecule has 0 spiro atoms. The predicted octanol–water partition coefficient (Wildman–Crippen LogP) is 3.36. The number of likely N-dealkylation sites (tertiary alicyclic amines) is 1. The van der Waals surface area contributed by atoms with Gasteiger partial charge in [-0.3, -0.25) is 9.79 Å². The van der Waals surface area contributed by atoms with Gasteiger partial charge in [0, 0.05) is 38.8 Å². The fraction of sp³-hybridized carbons (Fsp3) is 0.556. The minimum absolute atomic E-state index is 0. The van der Waals surface area contributed by atoms with Gasteiger partial charge in [0.15, 0.2) is 5.96 Å². The molecule has 152 valence electrons. The Morgan fingerprint density at radius 1 is 1.19 bits per heavy atom. The maximum atomic E-state index is 12.5. The lowest BCUT2D eigenvalue weighted by Crippen LogP contribution is -2.43. The average Bonchev–Trinajstić information content (AvgIpc) is 2.94. The van der Waals surface area contributed by atoms with Crippen LogP contribution < -0.4 is 10.6 Å². The van der Waals surface area contributed by atoms with Crippen molar-refractivity contribution in [2.24, 2.45) is 10.4 Å². The SMILES string of the molecule is CN=C(NCCNC(=O)c1ccc(C(F)(F)F)cc1)N1CCC(C)(C)C1.I. The van der Waals surface area contributed by atoms with E-state index in [9.17, 15) is 18.0 Å². The third-order valence-electron chi connectivity index (χ3n) is 4.36. The molecule has 0 unspecified atom stereocenters. The molecule has 5 nitrogen and oxygen atoms in total. The van der Waals surface area contributed by atoms with Gasteiger partial charge in [-0.05, 0) is 36.1 Å². The molecular weight excluding hydrogens is 472 g/mol. The summed E-state index contributed by atoms with van der Waals surface area (Å²) in [5.41, 5.74) is -0.314. The number of amides is 1. The molecule has 1 aromatic carbocycles. The van der Waals surface area contributed by atoms with Crippen LogP contribution in [-0.2, 0) is 6.18 Å². The van der Waals surface area contributed by atoms with E-state index in [1.165, 1.54) is 12.1 Å². The van der Waals surface area contributed by atoms with E-state index < -0.39 is 17.6 Å². The van der Waals surface area contributed by atoms with Crippen LogP contribution in [-0.4, -0.2) is 50.0 Å². The lowest BCUT2D eigenvalue weighted by Gasteiger charge is -2.23. The first-order valence-corrected chi connectivity index (χ1v) is 8.53. The van der Waals surface area contributed by atoms with E-state index in [0.717, 1.165) is 37.6 Å². The summed E-state index contributed by atoms with van der Waals surface area (Å²) < 4.78 is 37.6. The second kappa shape index (κ2) is 9.61. The van der Waals surface area contributed by atoms with Gasteiger partial charge in [-0.15, -0.1) is 24.0 Å². The van der Waals surface area contributed by atoms with Crippen molar-refractivity contribution < 1.29 is 18.0 Å². The summed E-state index contributed by atoms with van der Waals surface area (Å²) in [6, 6.07) is 4.17. The number of hydrogen-bond acceptors (Lipinski definition) is 2. The normalized spacial score (nSPS) is 16.7. The molecule has 9 heteroatoms. The summed E-state index contributed by atoms with van der Waals surface area (Å²) in [7, 11) is 1.72. The number of nitrogens with zero attached hydrogens (tertiary/aromatic N) is 2. The van der Waals surface area contributed by atoms with Crippen LogP contribution in [0.15, 0.2) is 29.3 Å². The molecule has 0 aromatic heterocycles. The van der Waals surface area contributed by atoms with Gasteiger partial charge in [-0.1, -0.05) is 13.8 Å². The predicted molar refractivity (Wildman–Crippen MR) is 111 cm³/mol. The minimum Gasteiger partial charge on any atom is -0.354 e. The van der Waals surface area contributed by atoms with Crippen molar-refractivity contribution in [3.63, 3.8) is 0 Å². The third kappa shape index (κ3) is 6.86. The monoisotopic (exact) mass is 498 g/mol. The number of carbonyl (C=O) groups excluding carboxylic acids is 1. The Balaban J connectivity index is 0.00000364. The number of hydrogen-bond donors (Lipinski definition) is 2. The van der Waals surface area contributed by atoms with E-state index in [2.05, 4.69) is 34.4 Å². The Kier molecular flexibility index (Phi) is 8.37. The maximum absolute atomic E-state index is 12.5. The molecule has 0 aliphatic carbocycles. The fourth-order valence-corrected chi connectivity index (χ4v) is 2.89. The number of alkyl halides is 3. The van der Waals surface area contributed by atoms with E-state index in [1.807, 2.05) is 0 Å². The lowest BCUT2D eigenvalue weighted by atomic mass is 9.93. The first-order valence-electron chi connectivity index (χ1n) is 8.53. The van der Waals surface area contributed by atoms with Crippen LogP contribution in [0.1, 0.15) is 36.2 Å². The van der Waals surface area contributed by atoms with Crippen molar-refractivity contribution in [1.82, 2.24) is 15.5 Å². The van der Waals surface area contributed by atoms with Gasteiger partial charge >= 0.3 is 6.18 Å². The number of halogens is 4. The molecule has 1 aliphatic heterocycles. The highest BCUT2D eigenvalue weighted by Crippen LogP contribution is 2.29. The average molecular weight is 498 g/mol. The van der Waals surface area contributed by atoms with Crippen molar-refractivity contribution in [3.05, 3.63) is 35.4 Å². The highest BCUT2D eigenvalue weighted by molar-refractivity contribution is 14.0.